The van der Waals surface area contributed by atoms with Crippen LogP contribution in [-0.4, -0.2) is 113 Å². The molecular weight excluding hydrogens is 568 g/mol. The Bertz CT molecular complexity index is 578. The molecule has 13 heteroatoms. The average Bonchev–Trinajstić information content (AvgIpc) is 2.64. The van der Waals surface area contributed by atoms with Gasteiger partial charge in [-0.2, -0.15) is 0 Å². The van der Waals surface area contributed by atoms with E-state index in [2.05, 4.69) is 0 Å². The Morgan fingerprint density at radius 2 is 0.390 bits per heavy atom. The van der Waals surface area contributed by atoms with Crippen LogP contribution in [0.25, 0.3) is 0 Å². The van der Waals surface area contributed by atoms with Gasteiger partial charge in [-0.15, -0.1) is 0 Å². The third-order valence-electron chi connectivity index (χ3n) is 5.33. The van der Waals surface area contributed by atoms with E-state index in [1.54, 1.807) is 0 Å². The van der Waals surface area contributed by atoms with Gasteiger partial charge in [0, 0.05) is 70.1 Å². The van der Waals surface area contributed by atoms with Crippen molar-refractivity contribution in [2.45, 2.75) is 159 Å². The fourth-order valence-electron chi connectivity index (χ4n) is 4.15. The minimum atomic E-state index is -0.843. The summed E-state index contributed by atoms with van der Waals surface area (Å²) in [4.78, 5) is 47.7. The van der Waals surface area contributed by atoms with E-state index in [1.165, 1.54) is 19.6 Å². The maximum absolute atomic E-state index is 10.5. The molecule has 0 saturated heterocycles. The van der Waals surface area contributed by atoms with Gasteiger partial charge in [0.15, 0.2) is 0 Å². The van der Waals surface area contributed by atoms with E-state index < -0.39 is 24.4 Å². The normalized spacial score (nSPS) is 10.3. The molecule has 4 N–H and O–H groups in total. The van der Waals surface area contributed by atoms with Crippen LogP contribution in [0.4, 0.5) is 19.2 Å². The molecule has 4 amide bonds. The Morgan fingerprint density at radius 1 is 0.317 bits per heavy atom. The molecule has 0 fully saturated rings. The second-order valence-corrected chi connectivity index (χ2v) is 11.5. The monoisotopic (exact) mass is 628 g/mol. The molecule has 0 aromatic carbocycles. The van der Waals surface area contributed by atoms with Crippen molar-refractivity contribution in [3.05, 3.63) is 0 Å². The van der Waals surface area contributed by atoms with Gasteiger partial charge in [0.25, 0.3) is 0 Å². The standard InChI is InChI=1S/4C7H15NO2.Ti/c4*1-5(2)8(6(3)4)7(9)10;/h4*5-6H,1-4H3,(H,9,10);. The molecule has 0 aromatic rings. The van der Waals surface area contributed by atoms with Crippen LogP contribution in [0.15, 0.2) is 0 Å². The molecule has 0 atom stereocenters. The van der Waals surface area contributed by atoms with Crippen LogP contribution in [0, 0.1) is 0 Å². The number of hydrogen-bond acceptors (Lipinski definition) is 4. The maximum Gasteiger partial charge on any atom is 0.407 e. The molecule has 244 valence electrons. The summed E-state index contributed by atoms with van der Waals surface area (Å²) in [5.41, 5.74) is 0. The first-order chi connectivity index (χ1) is 17.9. The number of carboxylic acid groups (broad SMARTS) is 4. The van der Waals surface area contributed by atoms with Crippen molar-refractivity contribution < 1.29 is 61.3 Å². The largest absolute Gasteiger partial charge is 0.465 e. The van der Waals surface area contributed by atoms with Gasteiger partial charge >= 0.3 is 24.4 Å². The molecule has 41 heavy (non-hydrogen) atoms. The van der Waals surface area contributed by atoms with Gasteiger partial charge in [-0.3, -0.25) is 0 Å². The van der Waals surface area contributed by atoms with Gasteiger partial charge in [-0.25, -0.2) is 19.2 Å². The van der Waals surface area contributed by atoms with Crippen molar-refractivity contribution in [2.75, 3.05) is 0 Å². The summed E-state index contributed by atoms with van der Waals surface area (Å²) in [6, 6.07) is 0.537. The Kier molecular flexibility index (Phi) is 28.9. The summed E-state index contributed by atoms with van der Waals surface area (Å²) < 4.78 is 0. The Morgan fingerprint density at radius 3 is 0.390 bits per heavy atom. The number of carbonyl (C=O) groups is 4. The second kappa shape index (κ2) is 24.4. The van der Waals surface area contributed by atoms with E-state index in [0.717, 1.165) is 0 Å². The van der Waals surface area contributed by atoms with Crippen LogP contribution in [0.3, 0.4) is 0 Å². The van der Waals surface area contributed by atoms with Gasteiger partial charge < -0.3 is 40.0 Å². The molecular formula is C28H60N4O8Ti. The van der Waals surface area contributed by atoms with Crippen LogP contribution in [0.2, 0.25) is 0 Å². The first-order valence-corrected chi connectivity index (χ1v) is 13.9. The first-order valence-electron chi connectivity index (χ1n) is 13.9. The van der Waals surface area contributed by atoms with Crippen molar-refractivity contribution in [3.8, 4) is 0 Å². The van der Waals surface area contributed by atoms with Crippen molar-refractivity contribution in [1.29, 1.82) is 0 Å². The molecule has 0 aromatic heterocycles. The van der Waals surface area contributed by atoms with Gasteiger partial charge in [-0.05, 0) is 111 Å². The van der Waals surface area contributed by atoms with Crippen LogP contribution in [-0.2, 0) is 21.7 Å². The van der Waals surface area contributed by atoms with Gasteiger partial charge in [-0.1, -0.05) is 0 Å². The van der Waals surface area contributed by atoms with Crippen molar-refractivity contribution in [1.82, 2.24) is 19.6 Å². The molecule has 0 heterocycles. The van der Waals surface area contributed by atoms with E-state index in [1.807, 2.05) is 111 Å². The van der Waals surface area contributed by atoms with Crippen LogP contribution in [0.5, 0.6) is 0 Å². The molecule has 12 nitrogen and oxygen atoms in total. The maximum atomic E-state index is 10.5. The van der Waals surface area contributed by atoms with Crippen LogP contribution < -0.4 is 0 Å². The zero-order chi connectivity index (χ0) is 33.2. The summed E-state index contributed by atoms with van der Waals surface area (Å²) in [5, 5.41) is 34.6. The Labute approximate surface area is 263 Å². The third kappa shape index (κ3) is 23.1. The summed E-state index contributed by atoms with van der Waals surface area (Å²) in [5.74, 6) is 0. The van der Waals surface area contributed by atoms with Crippen LogP contribution in [0.1, 0.15) is 111 Å². The summed E-state index contributed by atoms with van der Waals surface area (Å²) in [7, 11) is 0. The van der Waals surface area contributed by atoms with Gasteiger partial charge in [0.2, 0.25) is 0 Å². The molecule has 0 rings (SSSR count). The molecule has 0 aliphatic heterocycles. The molecule has 0 aliphatic rings. The predicted octanol–water partition coefficient (Wildman–Crippen LogP) is 7.13. The second-order valence-electron chi connectivity index (χ2n) is 11.5. The van der Waals surface area contributed by atoms with E-state index in [-0.39, 0.29) is 70.1 Å². The molecule has 0 bridgehead atoms. The summed E-state index contributed by atoms with van der Waals surface area (Å²) >= 11 is 0. The summed E-state index contributed by atoms with van der Waals surface area (Å²) in [6.07, 6.45) is -3.37. The van der Waals surface area contributed by atoms with E-state index in [4.69, 9.17) is 20.4 Å². The van der Waals surface area contributed by atoms with Crippen molar-refractivity contribution in [2.24, 2.45) is 0 Å². The van der Waals surface area contributed by atoms with Gasteiger partial charge in [0.05, 0.1) is 0 Å². The summed E-state index contributed by atoms with van der Waals surface area (Å²) in [6.45, 7) is 29.9. The molecule has 0 radical (unpaired) electrons. The number of nitrogens with zero attached hydrogens (tertiary/aromatic N) is 4. The molecule has 0 aliphatic carbocycles. The zero-order valence-electron chi connectivity index (χ0n) is 28.3. The third-order valence-corrected chi connectivity index (χ3v) is 5.33. The van der Waals surface area contributed by atoms with E-state index in [9.17, 15) is 19.2 Å². The van der Waals surface area contributed by atoms with Crippen molar-refractivity contribution in [3.63, 3.8) is 0 Å². The average molecular weight is 629 g/mol. The van der Waals surface area contributed by atoms with E-state index in [0.29, 0.717) is 0 Å². The Hall–Kier alpha value is -2.21. The zero-order valence-corrected chi connectivity index (χ0v) is 29.9. The van der Waals surface area contributed by atoms with Crippen LogP contribution >= 0.6 is 0 Å². The fourth-order valence-corrected chi connectivity index (χ4v) is 4.15. The predicted molar refractivity (Wildman–Crippen MR) is 161 cm³/mol. The quantitative estimate of drug-likeness (QED) is 0.206. The smallest absolute Gasteiger partial charge is 0.407 e. The number of rotatable bonds is 8. The van der Waals surface area contributed by atoms with Crippen molar-refractivity contribution >= 4 is 24.4 Å². The SMILES string of the molecule is CC(C)N(C(=O)O)C(C)C.CC(C)N(C(=O)O)C(C)C.CC(C)N(C(=O)O)C(C)C.CC(C)N(C(=O)O)C(C)C.[Ti]. The number of amides is 4. The van der Waals surface area contributed by atoms with Gasteiger partial charge in [0.1, 0.15) is 0 Å². The molecule has 0 spiro atoms. The first kappa shape index (κ1) is 48.5. The van der Waals surface area contributed by atoms with E-state index >= 15 is 0 Å². The minimum Gasteiger partial charge on any atom is -0.465 e. The molecule has 0 saturated carbocycles. The fraction of sp³-hybridized carbons (Fsp3) is 0.857. The Balaban J connectivity index is -0.000000139. The molecule has 0 unspecified atom stereocenters. The minimum absolute atomic E-state index is 0. The number of hydrogen-bond donors (Lipinski definition) is 4. The topological polar surface area (TPSA) is 162 Å².